The molecule has 1 aliphatic heterocycles. The molecule has 0 spiro atoms. The lowest BCUT2D eigenvalue weighted by Crippen LogP contribution is -1.98. The predicted molar refractivity (Wildman–Crippen MR) is 75.8 cm³/mol. The summed E-state index contributed by atoms with van der Waals surface area (Å²) in [6.45, 7) is 2.77. The zero-order valence-electron chi connectivity index (χ0n) is 10.5. The van der Waals surface area contributed by atoms with Crippen molar-refractivity contribution < 1.29 is 14.2 Å². The van der Waals surface area contributed by atoms with Gasteiger partial charge in [-0.2, -0.15) is 0 Å². The molecule has 0 atom stereocenters. The molecular formula is C15H13BrO3. The maximum atomic E-state index is 5.86. The number of halogens is 1. The smallest absolute Gasteiger partial charge is 0.231 e. The first-order valence-electron chi connectivity index (χ1n) is 6.01. The zero-order valence-corrected chi connectivity index (χ0v) is 12.1. The third kappa shape index (κ3) is 2.40. The molecule has 3 nitrogen and oxygen atoms in total. The highest BCUT2D eigenvalue weighted by Gasteiger charge is 2.22. The lowest BCUT2D eigenvalue weighted by Gasteiger charge is -2.12. The number of hydrogen-bond donors (Lipinski definition) is 0. The second-order valence-electron chi connectivity index (χ2n) is 4.32. The van der Waals surface area contributed by atoms with E-state index in [9.17, 15) is 0 Å². The maximum absolute atomic E-state index is 5.86. The van der Waals surface area contributed by atoms with Crippen molar-refractivity contribution in [1.82, 2.24) is 0 Å². The van der Waals surface area contributed by atoms with Crippen molar-refractivity contribution in [2.75, 3.05) is 6.79 Å². The largest absolute Gasteiger partial charge is 0.488 e. The van der Waals surface area contributed by atoms with Crippen LogP contribution in [0.5, 0.6) is 17.2 Å². The van der Waals surface area contributed by atoms with Gasteiger partial charge in [-0.15, -0.1) is 0 Å². The molecule has 0 bridgehead atoms. The molecule has 2 aromatic rings. The van der Waals surface area contributed by atoms with Crippen molar-refractivity contribution in [3.8, 4) is 17.2 Å². The van der Waals surface area contributed by atoms with Gasteiger partial charge in [0.2, 0.25) is 6.79 Å². The van der Waals surface area contributed by atoms with Gasteiger partial charge in [-0.05, 0) is 34.5 Å². The Morgan fingerprint density at radius 1 is 1.16 bits per heavy atom. The van der Waals surface area contributed by atoms with Crippen LogP contribution in [0, 0.1) is 6.92 Å². The number of rotatable bonds is 3. The summed E-state index contributed by atoms with van der Waals surface area (Å²) < 4.78 is 17.6. The van der Waals surface area contributed by atoms with Gasteiger partial charge in [-0.3, -0.25) is 0 Å². The van der Waals surface area contributed by atoms with Crippen LogP contribution < -0.4 is 14.2 Å². The Balaban J connectivity index is 1.84. The summed E-state index contributed by atoms with van der Waals surface area (Å²) >= 11 is 3.47. The predicted octanol–water partition coefficient (Wildman–Crippen LogP) is 4.07. The highest BCUT2D eigenvalue weighted by atomic mass is 79.9. The summed E-state index contributed by atoms with van der Waals surface area (Å²) in [4.78, 5) is 0. The first kappa shape index (κ1) is 12.4. The molecule has 0 saturated heterocycles. The van der Waals surface area contributed by atoms with Crippen LogP contribution in [0.3, 0.4) is 0 Å². The molecule has 0 fully saturated rings. The van der Waals surface area contributed by atoms with E-state index in [1.807, 2.05) is 43.3 Å². The zero-order chi connectivity index (χ0) is 13.2. The van der Waals surface area contributed by atoms with Gasteiger partial charge in [0, 0.05) is 5.56 Å². The number of fused-ring (bicyclic) bond motifs is 1. The van der Waals surface area contributed by atoms with Gasteiger partial charge in [0.25, 0.3) is 0 Å². The second kappa shape index (κ2) is 5.13. The van der Waals surface area contributed by atoms with Gasteiger partial charge in [0.15, 0.2) is 11.5 Å². The molecule has 1 aliphatic rings. The normalized spacial score (nSPS) is 12.5. The third-order valence-corrected chi connectivity index (χ3v) is 3.62. The van der Waals surface area contributed by atoms with E-state index in [0.29, 0.717) is 6.61 Å². The van der Waals surface area contributed by atoms with Crippen molar-refractivity contribution in [1.29, 1.82) is 0 Å². The number of benzene rings is 2. The molecule has 3 rings (SSSR count). The van der Waals surface area contributed by atoms with Gasteiger partial charge >= 0.3 is 0 Å². The summed E-state index contributed by atoms with van der Waals surface area (Å²) in [5, 5.41) is 0. The van der Waals surface area contributed by atoms with E-state index in [4.69, 9.17) is 14.2 Å². The molecule has 0 radical (unpaired) electrons. The highest BCUT2D eigenvalue weighted by Crippen LogP contribution is 2.45. The Bertz CT molecular complexity index is 596. The lowest BCUT2D eigenvalue weighted by molar-refractivity contribution is 0.172. The van der Waals surface area contributed by atoms with Gasteiger partial charge in [0.05, 0.1) is 4.47 Å². The van der Waals surface area contributed by atoms with E-state index in [1.54, 1.807) is 0 Å². The minimum absolute atomic E-state index is 0.261. The molecular weight excluding hydrogens is 308 g/mol. The second-order valence-corrected chi connectivity index (χ2v) is 5.17. The molecule has 0 unspecified atom stereocenters. The van der Waals surface area contributed by atoms with Crippen molar-refractivity contribution in [2.24, 2.45) is 0 Å². The SMILES string of the molecule is Cc1c(OCc2ccccc2)cc(Br)c2c1OCO2. The van der Waals surface area contributed by atoms with Gasteiger partial charge in [-0.25, -0.2) is 0 Å². The Morgan fingerprint density at radius 2 is 1.89 bits per heavy atom. The fourth-order valence-electron chi connectivity index (χ4n) is 2.02. The Labute approximate surface area is 120 Å². The molecule has 0 aromatic heterocycles. The minimum Gasteiger partial charge on any atom is -0.488 e. The van der Waals surface area contributed by atoms with Gasteiger partial charge < -0.3 is 14.2 Å². The summed E-state index contributed by atoms with van der Waals surface area (Å²) in [6.07, 6.45) is 0. The van der Waals surface area contributed by atoms with Crippen LogP contribution in [0.25, 0.3) is 0 Å². The lowest BCUT2D eigenvalue weighted by atomic mass is 10.2. The van der Waals surface area contributed by atoms with Crippen LogP contribution in [-0.4, -0.2) is 6.79 Å². The molecule has 19 heavy (non-hydrogen) atoms. The average Bonchev–Trinajstić information content (AvgIpc) is 2.92. The fraction of sp³-hybridized carbons (Fsp3) is 0.200. The average molecular weight is 321 g/mol. The number of hydrogen-bond acceptors (Lipinski definition) is 3. The van der Waals surface area contributed by atoms with Crippen molar-refractivity contribution in [3.05, 3.63) is 52.0 Å². The van der Waals surface area contributed by atoms with E-state index in [1.165, 1.54) is 0 Å². The first-order chi connectivity index (χ1) is 9.25. The molecule has 0 saturated carbocycles. The molecule has 2 aromatic carbocycles. The molecule has 0 N–H and O–H groups in total. The van der Waals surface area contributed by atoms with Crippen molar-refractivity contribution in [2.45, 2.75) is 13.5 Å². The van der Waals surface area contributed by atoms with Crippen molar-refractivity contribution in [3.63, 3.8) is 0 Å². The molecule has 98 valence electrons. The summed E-state index contributed by atoms with van der Waals surface area (Å²) in [7, 11) is 0. The third-order valence-electron chi connectivity index (χ3n) is 3.03. The molecule has 1 heterocycles. The summed E-state index contributed by atoms with van der Waals surface area (Å²) in [5.74, 6) is 2.32. The highest BCUT2D eigenvalue weighted by molar-refractivity contribution is 9.10. The van der Waals surface area contributed by atoms with E-state index in [2.05, 4.69) is 15.9 Å². The molecule has 0 aliphatic carbocycles. The van der Waals surface area contributed by atoms with Crippen LogP contribution in [0.15, 0.2) is 40.9 Å². The van der Waals surface area contributed by atoms with Crippen LogP contribution in [-0.2, 0) is 6.61 Å². The van der Waals surface area contributed by atoms with E-state index < -0.39 is 0 Å². The van der Waals surface area contributed by atoms with Gasteiger partial charge in [0.1, 0.15) is 12.4 Å². The van der Waals surface area contributed by atoms with Crippen LogP contribution >= 0.6 is 15.9 Å². The monoisotopic (exact) mass is 320 g/mol. The van der Waals surface area contributed by atoms with E-state index in [0.717, 1.165) is 32.8 Å². The van der Waals surface area contributed by atoms with Crippen LogP contribution in [0.4, 0.5) is 0 Å². The standard InChI is InChI=1S/C15H13BrO3/c1-10-13(17-8-11-5-3-2-4-6-11)7-12(16)15-14(10)18-9-19-15/h2-7H,8-9H2,1H3. The molecule has 4 heteroatoms. The van der Waals surface area contributed by atoms with Crippen molar-refractivity contribution >= 4 is 15.9 Å². The summed E-state index contributed by atoms with van der Waals surface area (Å²) in [6, 6.07) is 12.0. The van der Waals surface area contributed by atoms with Gasteiger partial charge in [-0.1, -0.05) is 30.3 Å². The Hall–Kier alpha value is -1.68. The quantitative estimate of drug-likeness (QED) is 0.853. The molecule has 0 amide bonds. The fourth-order valence-corrected chi connectivity index (χ4v) is 2.52. The Kier molecular flexibility index (Phi) is 3.34. The first-order valence-corrected chi connectivity index (χ1v) is 6.80. The summed E-state index contributed by atoms with van der Waals surface area (Å²) in [5.41, 5.74) is 2.10. The Morgan fingerprint density at radius 3 is 2.68 bits per heavy atom. The minimum atomic E-state index is 0.261. The van der Waals surface area contributed by atoms with Crippen LogP contribution in [0.2, 0.25) is 0 Å². The topological polar surface area (TPSA) is 27.7 Å². The van der Waals surface area contributed by atoms with E-state index in [-0.39, 0.29) is 6.79 Å². The van der Waals surface area contributed by atoms with Crippen LogP contribution in [0.1, 0.15) is 11.1 Å². The van der Waals surface area contributed by atoms with E-state index >= 15 is 0 Å². The maximum Gasteiger partial charge on any atom is 0.231 e. The number of ether oxygens (including phenoxy) is 3.